The van der Waals surface area contributed by atoms with E-state index in [4.69, 9.17) is 5.73 Å². The molecule has 2 heterocycles. The van der Waals surface area contributed by atoms with Gasteiger partial charge < -0.3 is 10.6 Å². The predicted octanol–water partition coefficient (Wildman–Crippen LogP) is 2.05. The topological polar surface area (TPSA) is 79.0 Å². The molecule has 10 heteroatoms. The first kappa shape index (κ1) is 19.1. The highest BCUT2D eigenvalue weighted by molar-refractivity contribution is 6.40. The largest absolute Gasteiger partial charge is 0.393 e. The van der Waals surface area contributed by atoms with Crippen molar-refractivity contribution in [1.29, 1.82) is 0 Å². The van der Waals surface area contributed by atoms with Crippen molar-refractivity contribution < 1.29 is 27.2 Å². The lowest BCUT2D eigenvalue weighted by Gasteiger charge is -2.33. The van der Waals surface area contributed by atoms with Gasteiger partial charge in [-0.25, -0.2) is 4.39 Å². The zero-order valence-corrected chi connectivity index (χ0v) is 14.2. The third-order valence-corrected chi connectivity index (χ3v) is 4.75. The van der Waals surface area contributed by atoms with Crippen molar-refractivity contribution in [3.05, 3.63) is 30.1 Å². The summed E-state index contributed by atoms with van der Waals surface area (Å²) in [4.78, 5) is 25.5. The molecule has 0 bridgehead atoms. The Kier molecular flexibility index (Phi) is 5.07. The van der Waals surface area contributed by atoms with Crippen molar-refractivity contribution in [3.63, 3.8) is 0 Å². The first-order valence-electron chi connectivity index (χ1n) is 8.44. The first-order chi connectivity index (χ1) is 12.7. The van der Waals surface area contributed by atoms with Gasteiger partial charge in [-0.05, 0) is 37.1 Å². The highest BCUT2D eigenvalue weighted by Gasteiger charge is 2.44. The maximum absolute atomic E-state index is 13.1. The van der Waals surface area contributed by atoms with Crippen LogP contribution in [0.4, 0.5) is 23.2 Å². The molecule has 1 aromatic rings. The Morgan fingerprint density at radius 3 is 2.44 bits per heavy atom. The van der Waals surface area contributed by atoms with Gasteiger partial charge in [-0.15, -0.1) is 0 Å². The fraction of sp³-hybridized carbons (Fsp3) is 0.471. The van der Waals surface area contributed by atoms with Crippen molar-refractivity contribution in [2.75, 3.05) is 18.1 Å². The van der Waals surface area contributed by atoms with Gasteiger partial charge in [0, 0.05) is 19.5 Å². The normalized spacial score (nSPS) is 23.3. The van der Waals surface area contributed by atoms with Crippen LogP contribution in [0.5, 0.6) is 0 Å². The number of nitrogens with two attached hydrogens (primary N) is 1. The quantitative estimate of drug-likeness (QED) is 0.808. The van der Waals surface area contributed by atoms with Crippen LogP contribution in [0.2, 0.25) is 0 Å². The molecule has 2 aliphatic heterocycles. The average Bonchev–Trinajstić information content (AvgIpc) is 3.07. The van der Waals surface area contributed by atoms with Crippen LogP contribution >= 0.6 is 0 Å². The third kappa shape index (κ3) is 4.04. The van der Waals surface area contributed by atoms with Gasteiger partial charge in [0.2, 0.25) is 5.91 Å². The molecule has 2 atom stereocenters. The van der Waals surface area contributed by atoms with Gasteiger partial charge in [-0.3, -0.25) is 14.6 Å². The minimum absolute atomic E-state index is 0.0224. The maximum atomic E-state index is 13.1. The standard InChI is InChI=1S/C17H18F4N4O2/c18-11-3-5-12(6-4-11)25-14(15(22)26)8-13(23-25)16(27)24-7-1-2-10(9-24)17(19,20)21/h3-6,10,14H,1-2,7-9H2,(H2,22,26)/t10-,14+/m1/s1. The van der Waals surface area contributed by atoms with Gasteiger partial charge in [0.1, 0.15) is 17.6 Å². The van der Waals surface area contributed by atoms with Crippen LogP contribution in [-0.2, 0) is 9.59 Å². The number of hydrogen-bond acceptors (Lipinski definition) is 4. The molecule has 146 valence electrons. The number of carbonyl (C=O) groups excluding carboxylic acids is 2. The second kappa shape index (κ2) is 7.16. The van der Waals surface area contributed by atoms with Gasteiger partial charge >= 0.3 is 6.18 Å². The molecule has 2 amide bonds. The molecule has 1 saturated heterocycles. The SMILES string of the molecule is NC(=O)[C@@H]1CC(C(=O)N2CCC[C@@H](C(F)(F)F)C2)=NN1c1ccc(F)cc1. The molecule has 27 heavy (non-hydrogen) atoms. The van der Waals surface area contributed by atoms with Crippen LogP contribution in [0, 0.1) is 11.7 Å². The van der Waals surface area contributed by atoms with Crippen LogP contribution in [0.3, 0.4) is 0 Å². The van der Waals surface area contributed by atoms with E-state index < -0.39 is 42.3 Å². The van der Waals surface area contributed by atoms with Crippen LogP contribution in [0.15, 0.2) is 29.4 Å². The van der Waals surface area contributed by atoms with E-state index in [0.717, 1.165) is 4.90 Å². The highest BCUT2D eigenvalue weighted by atomic mass is 19.4. The number of halogens is 4. The lowest BCUT2D eigenvalue weighted by Crippen LogP contribution is -2.47. The number of alkyl halides is 3. The Labute approximate surface area is 152 Å². The van der Waals surface area contributed by atoms with E-state index in [1.54, 1.807) is 0 Å². The molecule has 1 fully saturated rings. The van der Waals surface area contributed by atoms with Crippen molar-refractivity contribution in [1.82, 2.24) is 4.90 Å². The van der Waals surface area contributed by atoms with Crippen LogP contribution < -0.4 is 10.7 Å². The number of hydrogen-bond donors (Lipinski definition) is 1. The summed E-state index contributed by atoms with van der Waals surface area (Å²) < 4.78 is 52.0. The van der Waals surface area contributed by atoms with E-state index in [2.05, 4.69) is 5.10 Å². The van der Waals surface area contributed by atoms with E-state index in [0.29, 0.717) is 5.69 Å². The van der Waals surface area contributed by atoms with E-state index in [9.17, 15) is 27.2 Å². The van der Waals surface area contributed by atoms with Crippen LogP contribution in [0.25, 0.3) is 0 Å². The number of nitrogens with zero attached hydrogens (tertiary/aromatic N) is 3. The maximum Gasteiger partial charge on any atom is 0.393 e. The van der Waals surface area contributed by atoms with Crippen LogP contribution in [-0.4, -0.2) is 47.7 Å². The Bertz CT molecular complexity index is 763. The zero-order chi connectivity index (χ0) is 19.8. The Hall–Kier alpha value is -2.65. The predicted molar refractivity (Wildman–Crippen MR) is 89.3 cm³/mol. The number of benzene rings is 1. The molecule has 2 aliphatic rings. The Morgan fingerprint density at radius 2 is 1.85 bits per heavy atom. The Balaban J connectivity index is 1.81. The summed E-state index contributed by atoms with van der Waals surface area (Å²) in [6.07, 6.45) is -4.26. The molecular formula is C17H18F4N4O2. The number of anilines is 1. The van der Waals surface area contributed by atoms with Crippen molar-refractivity contribution in [3.8, 4) is 0 Å². The van der Waals surface area contributed by atoms with E-state index in [-0.39, 0.29) is 31.5 Å². The fourth-order valence-corrected chi connectivity index (χ4v) is 3.30. The van der Waals surface area contributed by atoms with E-state index in [1.807, 2.05) is 0 Å². The first-order valence-corrected chi connectivity index (χ1v) is 8.44. The summed E-state index contributed by atoms with van der Waals surface area (Å²) in [5, 5.41) is 5.32. The summed E-state index contributed by atoms with van der Waals surface area (Å²) in [7, 11) is 0. The summed E-state index contributed by atoms with van der Waals surface area (Å²) in [6, 6.07) is 4.13. The molecule has 0 aromatic heterocycles. The fourth-order valence-electron chi connectivity index (χ4n) is 3.30. The molecule has 0 saturated carbocycles. The van der Waals surface area contributed by atoms with Gasteiger partial charge in [0.15, 0.2) is 0 Å². The molecule has 0 unspecified atom stereocenters. The summed E-state index contributed by atoms with van der Waals surface area (Å²) in [6.45, 7) is -0.235. The van der Waals surface area contributed by atoms with E-state index >= 15 is 0 Å². The summed E-state index contributed by atoms with van der Waals surface area (Å²) in [5.41, 5.74) is 5.69. The summed E-state index contributed by atoms with van der Waals surface area (Å²) >= 11 is 0. The number of hydrazone groups is 1. The lowest BCUT2D eigenvalue weighted by atomic mass is 9.97. The number of carbonyl (C=O) groups is 2. The lowest BCUT2D eigenvalue weighted by molar-refractivity contribution is -0.187. The molecular weight excluding hydrogens is 368 g/mol. The highest BCUT2D eigenvalue weighted by Crippen LogP contribution is 2.34. The van der Waals surface area contributed by atoms with Crippen molar-refractivity contribution in [2.24, 2.45) is 16.8 Å². The molecule has 2 N–H and O–H groups in total. The van der Waals surface area contributed by atoms with Crippen LogP contribution in [0.1, 0.15) is 19.3 Å². The Morgan fingerprint density at radius 1 is 1.19 bits per heavy atom. The number of amides is 2. The van der Waals surface area contributed by atoms with Gasteiger partial charge in [-0.2, -0.15) is 18.3 Å². The van der Waals surface area contributed by atoms with Gasteiger partial charge in [0.25, 0.3) is 5.91 Å². The van der Waals surface area contributed by atoms with Crippen molar-refractivity contribution in [2.45, 2.75) is 31.5 Å². The average molecular weight is 386 g/mol. The number of piperidine rings is 1. The molecule has 6 nitrogen and oxygen atoms in total. The number of rotatable bonds is 3. The third-order valence-electron chi connectivity index (χ3n) is 4.75. The molecule has 0 aliphatic carbocycles. The molecule has 1 aromatic carbocycles. The molecule has 3 rings (SSSR count). The van der Waals surface area contributed by atoms with Gasteiger partial charge in [0.05, 0.1) is 11.6 Å². The van der Waals surface area contributed by atoms with Gasteiger partial charge in [-0.1, -0.05) is 0 Å². The van der Waals surface area contributed by atoms with Crippen molar-refractivity contribution >= 4 is 23.2 Å². The second-order valence-corrected chi connectivity index (χ2v) is 6.62. The number of likely N-dealkylation sites (tertiary alicyclic amines) is 1. The second-order valence-electron chi connectivity index (χ2n) is 6.62. The smallest absolute Gasteiger partial charge is 0.368 e. The minimum Gasteiger partial charge on any atom is -0.368 e. The number of primary amides is 1. The minimum atomic E-state index is -4.37. The summed E-state index contributed by atoms with van der Waals surface area (Å²) in [5.74, 6) is -3.43. The van der Waals surface area contributed by atoms with E-state index in [1.165, 1.54) is 29.3 Å². The zero-order valence-electron chi connectivity index (χ0n) is 14.2. The monoisotopic (exact) mass is 386 g/mol. The molecule has 0 spiro atoms. The molecule has 0 radical (unpaired) electrons.